The molecule has 0 saturated heterocycles. The van der Waals surface area contributed by atoms with Crippen molar-refractivity contribution < 1.29 is 19.0 Å². The van der Waals surface area contributed by atoms with Crippen molar-refractivity contribution in [3.05, 3.63) is 66.2 Å². The first-order valence-corrected chi connectivity index (χ1v) is 9.09. The molecule has 144 valence electrons. The number of ether oxygens (including phenoxy) is 3. The summed E-state index contributed by atoms with van der Waals surface area (Å²) in [6.45, 7) is 1.58. The number of nitrogens with zero attached hydrogens (tertiary/aromatic N) is 2. The molecule has 1 amide bonds. The zero-order valence-corrected chi connectivity index (χ0v) is 15.6. The zero-order chi connectivity index (χ0) is 19.3. The fourth-order valence-corrected chi connectivity index (χ4v) is 2.83. The number of aromatic nitrogens is 2. The van der Waals surface area contributed by atoms with Crippen LogP contribution in [0.1, 0.15) is 22.6 Å². The van der Waals surface area contributed by atoms with Crippen molar-refractivity contribution in [1.82, 2.24) is 9.55 Å². The van der Waals surface area contributed by atoms with Gasteiger partial charge in [-0.3, -0.25) is 4.79 Å². The lowest BCUT2D eigenvalue weighted by Crippen LogP contribution is -2.12. The third kappa shape index (κ3) is 4.09. The number of hydrogen-bond donors (Lipinski definition) is 1. The van der Waals surface area contributed by atoms with Gasteiger partial charge in [-0.2, -0.15) is 0 Å². The van der Waals surface area contributed by atoms with Crippen molar-refractivity contribution in [2.75, 3.05) is 18.5 Å². The summed E-state index contributed by atoms with van der Waals surface area (Å²) in [5.41, 5.74) is 1.20. The second-order valence-electron chi connectivity index (χ2n) is 6.43. The van der Waals surface area contributed by atoms with E-state index in [0.29, 0.717) is 48.3 Å². The Balaban J connectivity index is 1.38. The van der Waals surface area contributed by atoms with Crippen LogP contribution in [0.25, 0.3) is 0 Å². The van der Waals surface area contributed by atoms with Gasteiger partial charge < -0.3 is 24.1 Å². The number of amides is 1. The van der Waals surface area contributed by atoms with E-state index in [1.807, 2.05) is 29.9 Å². The monoisotopic (exact) mass is 379 g/mol. The van der Waals surface area contributed by atoms with Crippen molar-refractivity contribution in [1.29, 1.82) is 0 Å². The number of carbonyl (C=O) groups excluding carboxylic acids is 1. The van der Waals surface area contributed by atoms with E-state index < -0.39 is 0 Å². The van der Waals surface area contributed by atoms with Crippen molar-refractivity contribution >= 4 is 11.6 Å². The molecule has 0 saturated carbocycles. The SMILES string of the molecule is Cn1ccnc1COc1ccc(NC(=O)c2ccc3c(c2)OCCCO3)cc1. The van der Waals surface area contributed by atoms with Crippen molar-refractivity contribution in [3.63, 3.8) is 0 Å². The van der Waals surface area contributed by atoms with Crippen LogP contribution < -0.4 is 19.5 Å². The highest BCUT2D eigenvalue weighted by atomic mass is 16.5. The van der Waals surface area contributed by atoms with Crippen LogP contribution in [-0.4, -0.2) is 28.7 Å². The Hall–Kier alpha value is -3.48. The molecule has 0 fully saturated rings. The van der Waals surface area contributed by atoms with Crippen LogP contribution in [-0.2, 0) is 13.7 Å². The van der Waals surface area contributed by atoms with Gasteiger partial charge in [0.2, 0.25) is 0 Å². The molecule has 0 aliphatic carbocycles. The van der Waals surface area contributed by atoms with Crippen LogP contribution in [0.2, 0.25) is 0 Å². The van der Waals surface area contributed by atoms with E-state index in [-0.39, 0.29) is 5.91 Å². The fourth-order valence-electron chi connectivity index (χ4n) is 2.83. The highest BCUT2D eigenvalue weighted by molar-refractivity contribution is 6.04. The van der Waals surface area contributed by atoms with E-state index in [9.17, 15) is 4.79 Å². The third-order valence-electron chi connectivity index (χ3n) is 4.41. The van der Waals surface area contributed by atoms with Gasteiger partial charge in [0, 0.05) is 37.1 Å². The van der Waals surface area contributed by atoms with Crippen molar-refractivity contribution in [2.45, 2.75) is 13.0 Å². The lowest BCUT2D eigenvalue weighted by Gasteiger charge is -2.10. The molecule has 1 aliphatic heterocycles. The largest absolute Gasteiger partial charge is 0.490 e. The normalized spacial score (nSPS) is 12.9. The number of anilines is 1. The molecule has 7 nitrogen and oxygen atoms in total. The second-order valence-corrected chi connectivity index (χ2v) is 6.43. The highest BCUT2D eigenvalue weighted by Gasteiger charge is 2.14. The summed E-state index contributed by atoms with van der Waals surface area (Å²) in [5, 5.41) is 2.88. The molecule has 1 aromatic heterocycles. The second kappa shape index (κ2) is 8.04. The Morgan fingerprint density at radius 1 is 1.14 bits per heavy atom. The lowest BCUT2D eigenvalue weighted by molar-refractivity contribution is 0.102. The summed E-state index contributed by atoms with van der Waals surface area (Å²) in [4.78, 5) is 16.8. The fraction of sp³-hybridized carbons (Fsp3) is 0.238. The van der Waals surface area contributed by atoms with Crippen LogP contribution in [0.4, 0.5) is 5.69 Å². The van der Waals surface area contributed by atoms with E-state index in [1.54, 1.807) is 36.5 Å². The van der Waals surface area contributed by atoms with Gasteiger partial charge in [-0.05, 0) is 42.5 Å². The summed E-state index contributed by atoms with van der Waals surface area (Å²) < 4.78 is 18.9. The lowest BCUT2D eigenvalue weighted by atomic mass is 10.2. The van der Waals surface area contributed by atoms with Crippen LogP contribution >= 0.6 is 0 Å². The minimum Gasteiger partial charge on any atom is -0.490 e. The predicted octanol–water partition coefficient (Wildman–Crippen LogP) is 3.41. The smallest absolute Gasteiger partial charge is 0.255 e. The van der Waals surface area contributed by atoms with Gasteiger partial charge in [0.1, 0.15) is 18.2 Å². The minimum atomic E-state index is -0.211. The first kappa shape index (κ1) is 17.9. The summed E-state index contributed by atoms with van der Waals surface area (Å²) in [7, 11) is 1.92. The highest BCUT2D eigenvalue weighted by Crippen LogP contribution is 2.30. The van der Waals surface area contributed by atoms with E-state index in [4.69, 9.17) is 14.2 Å². The van der Waals surface area contributed by atoms with Gasteiger partial charge >= 0.3 is 0 Å². The number of nitrogens with one attached hydrogen (secondary N) is 1. The van der Waals surface area contributed by atoms with E-state index in [1.165, 1.54) is 0 Å². The Kier molecular flexibility index (Phi) is 5.14. The summed E-state index contributed by atoms with van der Waals surface area (Å²) >= 11 is 0. The summed E-state index contributed by atoms with van der Waals surface area (Å²) in [6, 6.07) is 12.4. The maximum absolute atomic E-state index is 12.5. The number of aryl methyl sites for hydroxylation is 1. The average molecular weight is 379 g/mol. The quantitative estimate of drug-likeness (QED) is 0.735. The van der Waals surface area contributed by atoms with Crippen LogP contribution in [0, 0.1) is 0 Å². The molecule has 0 radical (unpaired) electrons. The molecule has 0 atom stereocenters. The van der Waals surface area contributed by atoms with Crippen LogP contribution in [0.5, 0.6) is 17.2 Å². The summed E-state index contributed by atoms with van der Waals surface area (Å²) in [6.07, 6.45) is 4.43. The molecule has 2 aromatic carbocycles. The molecule has 0 bridgehead atoms. The van der Waals surface area contributed by atoms with Crippen LogP contribution in [0.3, 0.4) is 0 Å². The zero-order valence-electron chi connectivity index (χ0n) is 15.6. The number of carbonyl (C=O) groups is 1. The molecule has 0 spiro atoms. The average Bonchev–Trinajstić information content (AvgIpc) is 2.98. The minimum absolute atomic E-state index is 0.211. The Morgan fingerprint density at radius 2 is 1.93 bits per heavy atom. The van der Waals surface area contributed by atoms with E-state index >= 15 is 0 Å². The maximum Gasteiger partial charge on any atom is 0.255 e. The molecule has 4 rings (SSSR count). The molecular weight excluding hydrogens is 358 g/mol. The van der Waals surface area contributed by atoms with Gasteiger partial charge in [-0.25, -0.2) is 4.98 Å². The third-order valence-corrected chi connectivity index (χ3v) is 4.41. The molecule has 7 heteroatoms. The predicted molar refractivity (Wildman–Crippen MR) is 104 cm³/mol. The number of rotatable bonds is 5. The Bertz CT molecular complexity index is 966. The van der Waals surface area contributed by atoms with Crippen molar-refractivity contribution in [2.24, 2.45) is 7.05 Å². The molecule has 3 aromatic rings. The molecule has 28 heavy (non-hydrogen) atoms. The van der Waals surface area contributed by atoms with E-state index in [2.05, 4.69) is 10.3 Å². The molecular formula is C21H21N3O4. The van der Waals surface area contributed by atoms with Gasteiger partial charge in [-0.1, -0.05) is 0 Å². The molecule has 1 N–H and O–H groups in total. The topological polar surface area (TPSA) is 74.6 Å². The van der Waals surface area contributed by atoms with Crippen LogP contribution in [0.15, 0.2) is 54.9 Å². The van der Waals surface area contributed by atoms with E-state index in [0.717, 1.165) is 12.2 Å². The summed E-state index contributed by atoms with van der Waals surface area (Å²) in [5.74, 6) is 2.60. The standard InChI is InChI=1S/C21H21N3O4/c1-24-10-9-22-20(24)14-28-17-6-4-16(5-7-17)23-21(25)15-3-8-18-19(13-15)27-12-2-11-26-18/h3-10,13H,2,11-12,14H2,1H3,(H,23,25). The molecule has 0 unspecified atom stereocenters. The number of imidazole rings is 1. The number of hydrogen-bond acceptors (Lipinski definition) is 5. The van der Waals surface area contributed by atoms with Gasteiger partial charge in [0.15, 0.2) is 11.5 Å². The molecule has 2 heterocycles. The number of benzene rings is 2. The first-order chi connectivity index (χ1) is 13.7. The van der Waals surface area contributed by atoms with Gasteiger partial charge in [0.25, 0.3) is 5.91 Å². The Morgan fingerprint density at radius 3 is 2.68 bits per heavy atom. The maximum atomic E-state index is 12.5. The Labute approximate surface area is 162 Å². The van der Waals surface area contributed by atoms with Gasteiger partial charge in [-0.15, -0.1) is 0 Å². The van der Waals surface area contributed by atoms with Gasteiger partial charge in [0.05, 0.1) is 13.2 Å². The van der Waals surface area contributed by atoms with Crippen molar-refractivity contribution in [3.8, 4) is 17.2 Å². The molecule has 1 aliphatic rings. The number of fused-ring (bicyclic) bond motifs is 1. The first-order valence-electron chi connectivity index (χ1n) is 9.09.